The van der Waals surface area contributed by atoms with Gasteiger partial charge in [0.05, 0.1) is 0 Å². The minimum absolute atomic E-state index is 1.14. The number of aryl methyl sites for hydroxylation is 3. The summed E-state index contributed by atoms with van der Waals surface area (Å²) < 4.78 is 0. The van der Waals surface area contributed by atoms with Crippen LogP contribution in [0.4, 0.5) is 0 Å². The largest absolute Gasteiger partial charge is 0.0683 e. The molecule has 0 fully saturated rings. The lowest BCUT2D eigenvalue weighted by molar-refractivity contribution is 1.14. The van der Waals surface area contributed by atoms with E-state index in [1.807, 2.05) is 45.9 Å². The fraction of sp³-hybridized carbons (Fsp3) is 0.357. The molecule has 0 N–H and O–H groups in total. The highest BCUT2D eigenvalue weighted by Gasteiger charge is 1.81. The van der Waals surface area contributed by atoms with E-state index in [-0.39, 0.29) is 0 Å². The van der Waals surface area contributed by atoms with Crippen LogP contribution in [0.2, 0.25) is 0 Å². The van der Waals surface area contributed by atoms with Crippen molar-refractivity contribution in [2.45, 2.75) is 67.7 Å². The summed E-state index contributed by atoms with van der Waals surface area (Å²) in [4.78, 5) is 0. The van der Waals surface area contributed by atoms with Crippen LogP contribution in [-0.2, 0) is 19.3 Å². The van der Waals surface area contributed by atoms with Crippen LogP contribution < -0.4 is 0 Å². The molecule has 154 valence electrons. The van der Waals surface area contributed by atoms with Crippen LogP contribution in [-0.4, -0.2) is 0 Å². The zero-order valence-corrected chi connectivity index (χ0v) is 19.3. The summed E-state index contributed by atoms with van der Waals surface area (Å²) >= 11 is 0. The number of hydrogen-bond donors (Lipinski definition) is 0. The minimum atomic E-state index is 1.14. The molecule has 3 aromatic carbocycles. The third-order valence-electron chi connectivity index (χ3n) is 3.75. The molecule has 0 heteroatoms. The summed E-state index contributed by atoms with van der Waals surface area (Å²) in [5.74, 6) is 0. The average Bonchev–Trinajstić information content (AvgIpc) is 2.84. The van der Waals surface area contributed by atoms with Crippen LogP contribution in [0.5, 0.6) is 0 Å². The smallest absolute Gasteiger partial charge is 0.0307 e. The van der Waals surface area contributed by atoms with Gasteiger partial charge in [-0.1, -0.05) is 139 Å². The molecule has 0 radical (unpaired) electrons. The van der Waals surface area contributed by atoms with Gasteiger partial charge in [-0.15, -0.1) is 0 Å². The van der Waals surface area contributed by atoms with Crippen molar-refractivity contribution in [3.63, 3.8) is 0 Å². The molecule has 0 aliphatic heterocycles. The highest BCUT2D eigenvalue weighted by atomic mass is 13.9. The summed E-state index contributed by atoms with van der Waals surface area (Å²) in [6.07, 6.45) is 3.42. The van der Waals surface area contributed by atoms with E-state index in [0.717, 1.165) is 19.3 Å². The van der Waals surface area contributed by atoms with E-state index in [0.29, 0.717) is 0 Å². The number of benzene rings is 3. The zero-order chi connectivity index (χ0) is 21.5. The summed E-state index contributed by atoms with van der Waals surface area (Å²) in [5, 5.41) is 0. The van der Waals surface area contributed by atoms with Crippen LogP contribution in [0.25, 0.3) is 0 Å². The van der Waals surface area contributed by atoms with Crippen molar-refractivity contribution in [2.24, 2.45) is 0 Å². The second kappa shape index (κ2) is 22.7. The van der Waals surface area contributed by atoms with Gasteiger partial charge in [-0.3, -0.25) is 0 Å². The standard InChI is InChI=1S/3C8H10.2C2H6/c3*1-2-8-6-4-3-5-7-8;2*1-2/h3*3-7H,2H2,1H3;2*1-2H3. The SMILES string of the molecule is CC.CC.CCc1ccccc1.CCc1ccccc1.CCc1ccccc1. The van der Waals surface area contributed by atoms with Gasteiger partial charge in [-0.25, -0.2) is 0 Å². The first-order chi connectivity index (χ1) is 13.8. The summed E-state index contributed by atoms with van der Waals surface area (Å²) in [5.41, 5.74) is 4.23. The lowest BCUT2D eigenvalue weighted by Gasteiger charge is -1.89. The molecule has 0 bridgehead atoms. The fourth-order valence-corrected chi connectivity index (χ4v) is 2.14. The topological polar surface area (TPSA) is 0 Å². The van der Waals surface area contributed by atoms with E-state index in [1.54, 1.807) is 0 Å². The number of hydrogen-bond acceptors (Lipinski definition) is 0. The van der Waals surface area contributed by atoms with Gasteiger partial charge in [0.15, 0.2) is 0 Å². The quantitative estimate of drug-likeness (QED) is 0.427. The van der Waals surface area contributed by atoms with E-state index in [4.69, 9.17) is 0 Å². The van der Waals surface area contributed by atoms with E-state index in [9.17, 15) is 0 Å². The molecule has 3 rings (SSSR count). The molecule has 0 aliphatic carbocycles. The molecule has 0 saturated carbocycles. The molecule has 0 unspecified atom stereocenters. The Morgan fingerprint density at radius 1 is 0.357 bits per heavy atom. The van der Waals surface area contributed by atoms with Gasteiger partial charge in [-0.05, 0) is 36.0 Å². The van der Waals surface area contributed by atoms with Crippen LogP contribution in [0.1, 0.15) is 65.2 Å². The summed E-state index contributed by atoms with van der Waals surface area (Å²) in [6.45, 7) is 14.5. The third-order valence-corrected chi connectivity index (χ3v) is 3.75. The van der Waals surface area contributed by atoms with Crippen molar-refractivity contribution >= 4 is 0 Å². The maximum atomic E-state index is 2.16. The van der Waals surface area contributed by atoms with E-state index >= 15 is 0 Å². The normalized spacial score (nSPS) is 8.25. The fourth-order valence-electron chi connectivity index (χ4n) is 2.14. The predicted octanol–water partition coefficient (Wildman–Crippen LogP) is 8.80. The molecule has 0 heterocycles. The van der Waals surface area contributed by atoms with E-state index < -0.39 is 0 Å². The monoisotopic (exact) mass is 378 g/mol. The van der Waals surface area contributed by atoms with Crippen molar-refractivity contribution in [1.82, 2.24) is 0 Å². The predicted molar refractivity (Wildman–Crippen MR) is 130 cm³/mol. The molecule has 0 saturated heterocycles. The molecule has 0 aliphatic rings. The lowest BCUT2D eigenvalue weighted by atomic mass is 10.2. The maximum absolute atomic E-state index is 2.16. The van der Waals surface area contributed by atoms with Gasteiger partial charge in [0.2, 0.25) is 0 Å². The molecule has 0 atom stereocenters. The zero-order valence-electron chi connectivity index (χ0n) is 19.3. The van der Waals surface area contributed by atoms with E-state index in [1.165, 1.54) is 16.7 Å². The first-order valence-electron chi connectivity index (χ1n) is 10.9. The average molecular weight is 379 g/mol. The Morgan fingerprint density at radius 2 is 0.536 bits per heavy atom. The van der Waals surface area contributed by atoms with Gasteiger partial charge >= 0.3 is 0 Å². The van der Waals surface area contributed by atoms with Crippen molar-refractivity contribution in [2.75, 3.05) is 0 Å². The van der Waals surface area contributed by atoms with Gasteiger partial charge in [-0.2, -0.15) is 0 Å². The molecular formula is C28H42. The lowest BCUT2D eigenvalue weighted by Crippen LogP contribution is -1.73. The molecule has 0 nitrogen and oxygen atoms in total. The van der Waals surface area contributed by atoms with Crippen molar-refractivity contribution < 1.29 is 0 Å². The van der Waals surface area contributed by atoms with Crippen molar-refractivity contribution in [3.05, 3.63) is 108 Å². The van der Waals surface area contributed by atoms with Gasteiger partial charge < -0.3 is 0 Å². The van der Waals surface area contributed by atoms with Crippen molar-refractivity contribution in [1.29, 1.82) is 0 Å². The molecule has 0 amide bonds. The van der Waals surface area contributed by atoms with Crippen LogP contribution in [0.3, 0.4) is 0 Å². The Kier molecular flexibility index (Phi) is 22.6. The maximum Gasteiger partial charge on any atom is -0.0307 e. The highest BCUT2D eigenvalue weighted by Crippen LogP contribution is 1.98. The summed E-state index contributed by atoms with van der Waals surface area (Å²) in [7, 11) is 0. The Morgan fingerprint density at radius 3 is 0.643 bits per heavy atom. The Bertz CT molecular complexity index is 518. The van der Waals surface area contributed by atoms with Gasteiger partial charge in [0, 0.05) is 0 Å². The highest BCUT2D eigenvalue weighted by molar-refractivity contribution is 5.15. The Hall–Kier alpha value is -2.34. The molecule has 3 aromatic rings. The van der Waals surface area contributed by atoms with Crippen molar-refractivity contribution in [3.8, 4) is 0 Å². The molecular weight excluding hydrogens is 336 g/mol. The summed E-state index contributed by atoms with van der Waals surface area (Å²) in [6, 6.07) is 31.4. The van der Waals surface area contributed by atoms with Crippen LogP contribution in [0, 0.1) is 0 Å². The molecule has 0 spiro atoms. The number of rotatable bonds is 3. The van der Waals surface area contributed by atoms with E-state index in [2.05, 4.69) is 93.6 Å². The second-order valence-electron chi connectivity index (χ2n) is 5.52. The molecule has 28 heavy (non-hydrogen) atoms. The molecule has 0 aromatic heterocycles. The van der Waals surface area contributed by atoms with Crippen LogP contribution >= 0.6 is 0 Å². The third kappa shape index (κ3) is 15.9. The van der Waals surface area contributed by atoms with Gasteiger partial charge in [0.25, 0.3) is 0 Å². The Balaban J connectivity index is 0. The second-order valence-corrected chi connectivity index (χ2v) is 5.52. The van der Waals surface area contributed by atoms with Crippen LogP contribution in [0.15, 0.2) is 91.0 Å². The van der Waals surface area contributed by atoms with Gasteiger partial charge in [0.1, 0.15) is 0 Å². The first-order valence-corrected chi connectivity index (χ1v) is 10.9. The first kappa shape index (κ1) is 27.9. The Labute approximate surface area is 175 Å². The minimum Gasteiger partial charge on any atom is -0.0683 e.